The maximum Gasteiger partial charge on any atom is 0.303 e. The standard InChI is InChI=1S/C15H21NO5/c1-13(18)20-12-15(19)16(9-5-6-10-17)21-11-14-7-3-2-4-8-14/h2-4,7-8,17H,5-6,9-12H2,1H3. The van der Waals surface area contributed by atoms with E-state index in [1.165, 1.54) is 12.0 Å². The van der Waals surface area contributed by atoms with Crippen molar-refractivity contribution in [1.82, 2.24) is 5.06 Å². The molecule has 0 saturated heterocycles. The molecule has 6 nitrogen and oxygen atoms in total. The summed E-state index contributed by atoms with van der Waals surface area (Å²) in [6.45, 7) is 1.56. The number of rotatable bonds is 9. The summed E-state index contributed by atoms with van der Waals surface area (Å²) >= 11 is 0. The minimum atomic E-state index is -0.512. The van der Waals surface area contributed by atoms with Crippen LogP contribution in [0, 0.1) is 0 Å². The molecule has 1 aromatic carbocycles. The van der Waals surface area contributed by atoms with Gasteiger partial charge >= 0.3 is 5.97 Å². The van der Waals surface area contributed by atoms with Crippen LogP contribution in [0.3, 0.4) is 0 Å². The highest BCUT2D eigenvalue weighted by Gasteiger charge is 2.15. The number of hydrogen-bond donors (Lipinski definition) is 1. The van der Waals surface area contributed by atoms with E-state index in [2.05, 4.69) is 4.74 Å². The van der Waals surface area contributed by atoms with E-state index in [0.717, 1.165) is 5.56 Å². The van der Waals surface area contributed by atoms with Crippen molar-refractivity contribution in [3.8, 4) is 0 Å². The molecule has 1 rings (SSSR count). The molecule has 0 bridgehead atoms. The summed E-state index contributed by atoms with van der Waals surface area (Å²) in [5, 5.41) is 9.97. The average molecular weight is 295 g/mol. The van der Waals surface area contributed by atoms with Crippen LogP contribution in [0.5, 0.6) is 0 Å². The number of aliphatic hydroxyl groups excluding tert-OH is 1. The molecule has 0 saturated carbocycles. The lowest BCUT2D eigenvalue weighted by atomic mass is 10.2. The van der Waals surface area contributed by atoms with E-state index in [9.17, 15) is 9.59 Å². The maximum atomic E-state index is 11.9. The molecule has 21 heavy (non-hydrogen) atoms. The zero-order valence-corrected chi connectivity index (χ0v) is 12.2. The fourth-order valence-electron chi connectivity index (χ4n) is 1.59. The van der Waals surface area contributed by atoms with Crippen LogP contribution in [-0.2, 0) is 25.8 Å². The van der Waals surface area contributed by atoms with E-state index in [-0.39, 0.29) is 19.8 Å². The maximum absolute atomic E-state index is 11.9. The van der Waals surface area contributed by atoms with E-state index in [4.69, 9.17) is 9.94 Å². The molecule has 0 spiro atoms. The first-order valence-electron chi connectivity index (χ1n) is 6.85. The van der Waals surface area contributed by atoms with Gasteiger partial charge in [-0.15, -0.1) is 0 Å². The predicted octanol–water partition coefficient (Wildman–Crippen LogP) is 1.28. The Kier molecular flexibility index (Phi) is 8.08. The number of carbonyl (C=O) groups excluding carboxylic acids is 2. The number of benzene rings is 1. The molecule has 0 aromatic heterocycles. The number of hydroxylamine groups is 2. The second kappa shape index (κ2) is 9.90. The molecule has 0 atom stereocenters. The van der Waals surface area contributed by atoms with Crippen LogP contribution in [0.4, 0.5) is 0 Å². The van der Waals surface area contributed by atoms with Gasteiger partial charge < -0.3 is 9.84 Å². The van der Waals surface area contributed by atoms with Crippen LogP contribution < -0.4 is 0 Å². The summed E-state index contributed by atoms with van der Waals surface area (Å²) < 4.78 is 4.68. The molecule has 0 heterocycles. The van der Waals surface area contributed by atoms with Crippen molar-refractivity contribution >= 4 is 11.9 Å². The minimum Gasteiger partial charge on any atom is -0.456 e. The highest BCUT2D eigenvalue weighted by molar-refractivity contribution is 5.79. The Bertz CT molecular complexity index is 435. The van der Waals surface area contributed by atoms with Crippen LogP contribution in [0.25, 0.3) is 0 Å². The Morgan fingerprint density at radius 1 is 1.19 bits per heavy atom. The monoisotopic (exact) mass is 295 g/mol. The lowest BCUT2D eigenvalue weighted by Gasteiger charge is -2.21. The van der Waals surface area contributed by atoms with Crippen LogP contribution in [-0.4, -0.2) is 41.8 Å². The highest BCUT2D eigenvalue weighted by Crippen LogP contribution is 2.05. The van der Waals surface area contributed by atoms with Crippen molar-refractivity contribution in [3.63, 3.8) is 0 Å². The zero-order chi connectivity index (χ0) is 15.5. The van der Waals surface area contributed by atoms with Crippen molar-refractivity contribution < 1.29 is 24.3 Å². The van der Waals surface area contributed by atoms with Gasteiger partial charge in [0.05, 0.1) is 0 Å². The SMILES string of the molecule is CC(=O)OCC(=O)N(CCCCO)OCc1ccccc1. The van der Waals surface area contributed by atoms with Crippen molar-refractivity contribution in [2.45, 2.75) is 26.4 Å². The molecule has 0 radical (unpaired) electrons. The third kappa shape index (κ3) is 7.43. The zero-order valence-electron chi connectivity index (χ0n) is 12.2. The van der Waals surface area contributed by atoms with Crippen molar-refractivity contribution in [2.24, 2.45) is 0 Å². The molecule has 0 unspecified atom stereocenters. The number of hydrogen-bond acceptors (Lipinski definition) is 5. The number of nitrogens with zero attached hydrogens (tertiary/aromatic N) is 1. The van der Waals surface area contributed by atoms with Crippen LogP contribution in [0.15, 0.2) is 30.3 Å². The lowest BCUT2D eigenvalue weighted by Crippen LogP contribution is -2.35. The third-order valence-electron chi connectivity index (χ3n) is 2.68. The van der Waals surface area contributed by atoms with Gasteiger partial charge in [0.15, 0.2) is 6.61 Å². The Balaban J connectivity index is 2.50. The first kappa shape index (κ1) is 17.1. The van der Waals surface area contributed by atoms with E-state index >= 15 is 0 Å². The number of esters is 1. The van der Waals surface area contributed by atoms with Crippen molar-refractivity contribution in [1.29, 1.82) is 0 Å². The fourth-order valence-corrected chi connectivity index (χ4v) is 1.59. The van der Waals surface area contributed by atoms with Gasteiger partial charge in [-0.05, 0) is 18.4 Å². The second-order valence-electron chi connectivity index (χ2n) is 4.47. The quantitative estimate of drug-likeness (QED) is 0.422. The first-order valence-corrected chi connectivity index (χ1v) is 6.85. The number of aliphatic hydroxyl groups is 1. The molecule has 1 aromatic rings. The topological polar surface area (TPSA) is 76.1 Å². The minimum absolute atomic E-state index is 0.0602. The predicted molar refractivity (Wildman–Crippen MR) is 75.9 cm³/mol. The molecule has 1 amide bonds. The largest absolute Gasteiger partial charge is 0.456 e. The average Bonchev–Trinajstić information content (AvgIpc) is 2.49. The molecule has 0 aliphatic heterocycles. The summed E-state index contributed by atoms with van der Waals surface area (Å²) in [5.74, 6) is -0.930. The molecule has 0 aliphatic carbocycles. The van der Waals surface area contributed by atoms with Gasteiger partial charge in [0, 0.05) is 20.1 Å². The van der Waals surface area contributed by atoms with Gasteiger partial charge in [-0.2, -0.15) is 0 Å². The van der Waals surface area contributed by atoms with Gasteiger partial charge in [0.25, 0.3) is 5.91 Å². The highest BCUT2D eigenvalue weighted by atomic mass is 16.7. The summed E-state index contributed by atoms with van der Waals surface area (Å²) in [4.78, 5) is 28.1. The Labute approximate surface area is 124 Å². The summed E-state index contributed by atoms with van der Waals surface area (Å²) in [6.07, 6.45) is 1.18. The molecular weight excluding hydrogens is 274 g/mol. The van der Waals surface area contributed by atoms with Crippen LogP contribution in [0.1, 0.15) is 25.3 Å². The van der Waals surface area contributed by atoms with E-state index in [1.807, 2.05) is 30.3 Å². The van der Waals surface area contributed by atoms with Crippen LogP contribution >= 0.6 is 0 Å². The number of carbonyl (C=O) groups is 2. The molecule has 6 heteroatoms. The van der Waals surface area contributed by atoms with Crippen molar-refractivity contribution in [3.05, 3.63) is 35.9 Å². The first-order chi connectivity index (χ1) is 10.1. The Morgan fingerprint density at radius 3 is 2.52 bits per heavy atom. The van der Waals surface area contributed by atoms with Gasteiger partial charge in [-0.1, -0.05) is 30.3 Å². The Morgan fingerprint density at radius 2 is 1.90 bits per heavy atom. The lowest BCUT2D eigenvalue weighted by molar-refractivity contribution is -0.197. The van der Waals surface area contributed by atoms with E-state index in [1.54, 1.807) is 0 Å². The van der Waals surface area contributed by atoms with Gasteiger partial charge in [0.2, 0.25) is 0 Å². The summed E-state index contributed by atoms with van der Waals surface area (Å²) in [7, 11) is 0. The fraction of sp³-hybridized carbons (Fsp3) is 0.467. The van der Waals surface area contributed by atoms with Gasteiger partial charge in [0.1, 0.15) is 6.61 Å². The van der Waals surface area contributed by atoms with E-state index in [0.29, 0.717) is 19.4 Å². The number of amides is 1. The smallest absolute Gasteiger partial charge is 0.303 e. The van der Waals surface area contributed by atoms with Crippen LogP contribution in [0.2, 0.25) is 0 Å². The summed E-state index contributed by atoms with van der Waals surface area (Å²) in [6, 6.07) is 9.45. The Hall–Kier alpha value is -1.92. The second-order valence-corrected chi connectivity index (χ2v) is 4.47. The van der Waals surface area contributed by atoms with Gasteiger partial charge in [-0.25, -0.2) is 5.06 Å². The molecular formula is C15H21NO5. The number of unbranched alkanes of at least 4 members (excludes halogenated alkanes) is 1. The number of ether oxygens (including phenoxy) is 1. The normalized spacial score (nSPS) is 10.2. The van der Waals surface area contributed by atoms with Gasteiger partial charge in [-0.3, -0.25) is 14.4 Å². The molecule has 116 valence electrons. The molecule has 1 N–H and O–H groups in total. The van der Waals surface area contributed by atoms with E-state index < -0.39 is 11.9 Å². The molecule has 0 fully saturated rings. The van der Waals surface area contributed by atoms with Crippen molar-refractivity contribution in [2.75, 3.05) is 19.8 Å². The molecule has 0 aliphatic rings. The summed E-state index contributed by atoms with van der Waals surface area (Å²) in [5.41, 5.74) is 0.935. The third-order valence-corrected chi connectivity index (χ3v) is 2.68.